The number of rotatable bonds is 26. The standard InChI is InChI=1S/C23H37IN2O11/c24-5-7-32-9-11-34-13-15-36-17-19-37-18-16-35-14-12-33-10-8-31-6-1-2-21-3-4-22(25(27)28)20-23(21)26(29)30/h3-4,20H,1-2,5-19H2. The molecule has 0 unspecified atom stereocenters. The van der Waals surface area contributed by atoms with Crippen molar-refractivity contribution in [1.82, 2.24) is 0 Å². The van der Waals surface area contributed by atoms with Crippen LogP contribution in [0.2, 0.25) is 0 Å². The average molecular weight is 644 g/mol. The lowest BCUT2D eigenvalue weighted by atomic mass is 10.1. The van der Waals surface area contributed by atoms with Crippen LogP contribution in [0.4, 0.5) is 11.4 Å². The Morgan fingerprint density at radius 2 is 1.00 bits per heavy atom. The second-order valence-electron chi connectivity index (χ2n) is 7.41. The molecular formula is C23H37IN2O11. The summed E-state index contributed by atoms with van der Waals surface area (Å²) in [6.07, 6.45) is 0.940. The number of nitro benzene ring substituents is 2. The molecule has 212 valence electrons. The molecule has 0 aliphatic rings. The summed E-state index contributed by atoms with van der Waals surface area (Å²) in [6, 6.07) is 3.67. The second-order valence-corrected chi connectivity index (χ2v) is 8.49. The van der Waals surface area contributed by atoms with E-state index in [2.05, 4.69) is 22.6 Å². The molecule has 13 nitrogen and oxygen atoms in total. The molecule has 0 saturated carbocycles. The zero-order chi connectivity index (χ0) is 27.0. The summed E-state index contributed by atoms with van der Waals surface area (Å²) >= 11 is 2.26. The van der Waals surface area contributed by atoms with Crippen LogP contribution in [0.3, 0.4) is 0 Å². The Bertz CT molecular complexity index is 743. The van der Waals surface area contributed by atoms with Crippen LogP contribution >= 0.6 is 22.6 Å². The van der Waals surface area contributed by atoms with Crippen LogP contribution in [-0.2, 0) is 39.6 Å². The molecular weight excluding hydrogens is 607 g/mol. The molecule has 14 heteroatoms. The van der Waals surface area contributed by atoms with Gasteiger partial charge < -0.3 is 33.2 Å². The molecule has 0 heterocycles. The lowest BCUT2D eigenvalue weighted by molar-refractivity contribution is -0.394. The minimum absolute atomic E-state index is 0.249. The van der Waals surface area contributed by atoms with Gasteiger partial charge in [-0.15, -0.1) is 0 Å². The molecule has 0 bridgehead atoms. The van der Waals surface area contributed by atoms with Crippen LogP contribution in [-0.4, -0.2) is 107 Å². The molecule has 1 aromatic carbocycles. The van der Waals surface area contributed by atoms with Gasteiger partial charge in [0.15, 0.2) is 0 Å². The van der Waals surface area contributed by atoms with Crippen molar-refractivity contribution < 1.29 is 43.0 Å². The number of ether oxygens (including phenoxy) is 7. The Kier molecular flexibility index (Phi) is 21.3. The Hall–Kier alpha value is -1.53. The van der Waals surface area contributed by atoms with Crippen LogP contribution < -0.4 is 0 Å². The molecule has 1 rings (SSSR count). The van der Waals surface area contributed by atoms with Gasteiger partial charge in [-0.1, -0.05) is 22.6 Å². The number of non-ortho nitro benzene ring substituents is 1. The van der Waals surface area contributed by atoms with Gasteiger partial charge >= 0.3 is 0 Å². The molecule has 0 atom stereocenters. The van der Waals surface area contributed by atoms with Gasteiger partial charge in [0.2, 0.25) is 0 Å². The molecule has 0 fully saturated rings. The monoisotopic (exact) mass is 644 g/mol. The maximum absolute atomic E-state index is 11.1. The number of halogens is 1. The zero-order valence-electron chi connectivity index (χ0n) is 21.0. The lowest BCUT2D eigenvalue weighted by Crippen LogP contribution is -2.14. The lowest BCUT2D eigenvalue weighted by Gasteiger charge is -2.08. The van der Waals surface area contributed by atoms with Crippen molar-refractivity contribution in [3.63, 3.8) is 0 Å². The van der Waals surface area contributed by atoms with E-state index in [0.717, 1.165) is 17.1 Å². The molecule has 0 aliphatic carbocycles. The number of hydrogen-bond donors (Lipinski definition) is 0. The minimum atomic E-state index is -0.651. The van der Waals surface area contributed by atoms with E-state index in [1.165, 1.54) is 12.1 Å². The second kappa shape index (κ2) is 23.6. The predicted octanol–water partition coefficient (Wildman–Crippen LogP) is 2.99. The minimum Gasteiger partial charge on any atom is -0.379 e. The maximum Gasteiger partial charge on any atom is 0.279 e. The van der Waals surface area contributed by atoms with Gasteiger partial charge in [-0.05, 0) is 18.9 Å². The van der Waals surface area contributed by atoms with Crippen LogP contribution in [0.1, 0.15) is 12.0 Å². The van der Waals surface area contributed by atoms with Crippen LogP contribution in [0.15, 0.2) is 18.2 Å². The van der Waals surface area contributed by atoms with E-state index in [0.29, 0.717) is 104 Å². The van der Waals surface area contributed by atoms with E-state index in [4.69, 9.17) is 33.2 Å². The number of nitrogens with zero attached hydrogens (tertiary/aromatic N) is 2. The Morgan fingerprint density at radius 3 is 1.38 bits per heavy atom. The van der Waals surface area contributed by atoms with Gasteiger partial charge in [-0.3, -0.25) is 20.2 Å². The van der Waals surface area contributed by atoms with Crippen molar-refractivity contribution in [3.05, 3.63) is 44.0 Å². The van der Waals surface area contributed by atoms with E-state index < -0.39 is 9.85 Å². The predicted molar refractivity (Wildman–Crippen MR) is 143 cm³/mol. The Balaban J connectivity index is 1.84. The van der Waals surface area contributed by atoms with Gasteiger partial charge in [0.25, 0.3) is 11.4 Å². The van der Waals surface area contributed by atoms with Crippen molar-refractivity contribution in [2.24, 2.45) is 0 Å². The Morgan fingerprint density at radius 1 is 0.595 bits per heavy atom. The van der Waals surface area contributed by atoms with E-state index in [1.807, 2.05) is 0 Å². The van der Waals surface area contributed by atoms with Gasteiger partial charge in [0.05, 0.1) is 102 Å². The van der Waals surface area contributed by atoms with Crippen molar-refractivity contribution in [2.45, 2.75) is 12.8 Å². The van der Waals surface area contributed by atoms with Crippen LogP contribution in [0, 0.1) is 20.2 Å². The molecule has 1 aromatic rings. The molecule has 0 aromatic heterocycles. The highest BCUT2D eigenvalue weighted by Crippen LogP contribution is 2.25. The van der Waals surface area contributed by atoms with Crippen molar-refractivity contribution >= 4 is 34.0 Å². The van der Waals surface area contributed by atoms with Crippen LogP contribution in [0.25, 0.3) is 0 Å². The third-order valence-electron chi connectivity index (χ3n) is 4.66. The molecule has 0 amide bonds. The highest BCUT2D eigenvalue weighted by molar-refractivity contribution is 14.1. The first-order chi connectivity index (χ1) is 18.1. The fraction of sp³-hybridized carbons (Fsp3) is 0.739. The first kappa shape index (κ1) is 33.5. The fourth-order valence-electron chi connectivity index (χ4n) is 2.89. The molecule has 0 saturated heterocycles. The first-order valence-corrected chi connectivity index (χ1v) is 13.6. The summed E-state index contributed by atoms with van der Waals surface area (Å²) in [7, 11) is 0. The summed E-state index contributed by atoms with van der Waals surface area (Å²) in [5.74, 6) is 0. The van der Waals surface area contributed by atoms with Gasteiger partial charge in [-0.25, -0.2) is 0 Å². The molecule has 0 radical (unpaired) electrons. The fourth-order valence-corrected chi connectivity index (χ4v) is 3.20. The first-order valence-electron chi connectivity index (χ1n) is 12.1. The maximum atomic E-state index is 11.1. The third-order valence-corrected chi connectivity index (χ3v) is 5.11. The summed E-state index contributed by atoms with van der Waals surface area (Å²) in [5.41, 5.74) is -0.106. The smallest absolute Gasteiger partial charge is 0.279 e. The number of nitro groups is 2. The largest absolute Gasteiger partial charge is 0.379 e. The van der Waals surface area contributed by atoms with Crippen LogP contribution in [0.5, 0.6) is 0 Å². The van der Waals surface area contributed by atoms with Gasteiger partial charge in [0.1, 0.15) is 0 Å². The van der Waals surface area contributed by atoms with Gasteiger partial charge in [0, 0.05) is 22.7 Å². The highest BCUT2D eigenvalue weighted by atomic mass is 127. The number of hydrogen-bond acceptors (Lipinski definition) is 11. The van der Waals surface area contributed by atoms with E-state index in [-0.39, 0.29) is 11.4 Å². The van der Waals surface area contributed by atoms with E-state index >= 15 is 0 Å². The number of benzene rings is 1. The summed E-state index contributed by atoms with van der Waals surface area (Å²) in [6.45, 7) is 7.01. The third kappa shape index (κ3) is 18.4. The Labute approximate surface area is 230 Å². The van der Waals surface area contributed by atoms with Crippen molar-refractivity contribution in [1.29, 1.82) is 0 Å². The highest BCUT2D eigenvalue weighted by Gasteiger charge is 2.18. The van der Waals surface area contributed by atoms with Crippen molar-refractivity contribution in [3.8, 4) is 0 Å². The topological polar surface area (TPSA) is 151 Å². The van der Waals surface area contributed by atoms with E-state index in [1.54, 1.807) is 0 Å². The quantitative estimate of drug-likeness (QED) is 0.0482. The summed E-state index contributed by atoms with van der Waals surface area (Å²) in [4.78, 5) is 20.7. The number of aryl methyl sites for hydroxylation is 1. The molecule has 37 heavy (non-hydrogen) atoms. The molecule has 0 aliphatic heterocycles. The number of alkyl halides is 1. The van der Waals surface area contributed by atoms with E-state index in [9.17, 15) is 20.2 Å². The average Bonchev–Trinajstić information content (AvgIpc) is 2.89. The zero-order valence-corrected chi connectivity index (χ0v) is 23.2. The summed E-state index contributed by atoms with van der Waals surface area (Å²) < 4.78 is 38.8. The molecule has 0 spiro atoms. The SMILES string of the molecule is O=[N+]([O-])c1ccc(CCCOCCOCCOCCOCCOCCOCCOCCI)c([N+](=O)[O-])c1. The normalized spacial score (nSPS) is 11.2. The van der Waals surface area contributed by atoms with Gasteiger partial charge in [-0.2, -0.15) is 0 Å². The van der Waals surface area contributed by atoms with Crippen molar-refractivity contribution in [2.75, 3.05) is 96.9 Å². The summed E-state index contributed by atoms with van der Waals surface area (Å²) in [5, 5.41) is 21.9. The molecule has 0 N–H and O–H groups in total.